The zero-order valence-corrected chi connectivity index (χ0v) is 10.1. The molecule has 0 spiro atoms. The van der Waals surface area contributed by atoms with Crippen LogP contribution in [0.5, 0.6) is 0 Å². The highest BCUT2D eigenvalue weighted by atomic mass is 16.3. The number of Topliss-reactive ketones (excluding diaryl/α,β-unsaturated/α-hetero) is 1. The molecule has 0 heterocycles. The van der Waals surface area contributed by atoms with Crippen LogP contribution in [0.15, 0.2) is 0 Å². The van der Waals surface area contributed by atoms with E-state index in [0.717, 1.165) is 0 Å². The van der Waals surface area contributed by atoms with Crippen molar-refractivity contribution in [3.05, 3.63) is 0 Å². The number of rotatable bonds is 0. The van der Waals surface area contributed by atoms with E-state index in [-0.39, 0.29) is 22.5 Å². The number of carbonyl (C=O) groups excluding carboxylic acids is 1. The van der Waals surface area contributed by atoms with E-state index in [1.165, 1.54) is 0 Å². The molecule has 1 fully saturated rings. The maximum atomic E-state index is 12.2. The molecule has 2 atom stereocenters. The minimum absolute atomic E-state index is 0.00463. The van der Waals surface area contributed by atoms with E-state index in [2.05, 4.69) is 0 Å². The molecule has 2 nitrogen and oxygen atoms in total. The van der Waals surface area contributed by atoms with Crippen molar-refractivity contribution < 1.29 is 9.90 Å². The van der Waals surface area contributed by atoms with Gasteiger partial charge in [0.25, 0.3) is 0 Å². The molecule has 0 bridgehead atoms. The fraction of sp³-hybridized carbons (Fsp3) is 0.917. The molecule has 1 aliphatic carbocycles. The van der Waals surface area contributed by atoms with Crippen LogP contribution in [0.1, 0.15) is 48.0 Å². The lowest BCUT2D eigenvalue weighted by Gasteiger charge is -2.36. The van der Waals surface area contributed by atoms with Gasteiger partial charge in [0.1, 0.15) is 5.60 Å². The number of aliphatic hydroxyl groups is 1. The van der Waals surface area contributed by atoms with Gasteiger partial charge in [-0.1, -0.05) is 41.5 Å². The Morgan fingerprint density at radius 3 is 1.93 bits per heavy atom. The van der Waals surface area contributed by atoms with Crippen molar-refractivity contribution in [1.29, 1.82) is 0 Å². The third-order valence-corrected chi connectivity index (χ3v) is 4.04. The van der Waals surface area contributed by atoms with E-state index in [1.807, 2.05) is 41.5 Å². The summed E-state index contributed by atoms with van der Waals surface area (Å²) in [7, 11) is 0. The van der Waals surface area contributed by atoms with Gasteiger partial charge in [-0.3, -0.25) is 4.79 Å². The fourth-order valence-corrected chi connectivity index (χ4v) is 2.19. The molecule has 0 aromatic rings. The lowest BCUT2D eigenvalue weighted by molar-refractivity contribution is -0.150. The van der Waals surface area contributed by atoms with Crippen molar-refractivity contribution in [2.45, 2.75) is 53.6 Å². The zero-order valence-electron chi connectivity index (χ0n) is 10.1. The van der Waals surface area contributed by atoms with E-state index in [0.29, 0.717) is 6.42 Å². The molecule has 0 radical (unpaired) electrons. The van der Waals surface area contributed by atoms with Gasteiger partial charge in [-0.15, -0.1) is 0 Å². The van der Waals surface area contributed by atoms with E-state index in [9.17, 15) is 9.90 Å². The molecule has 82 valence electrons. The molecule has 1 N–H and O–H groups in total. The number of hydrogen-bond donors (Lipinski definition) is 1. The van der Waals surface area contributed by atoms with Crippen LogP contribution < -0.4 is 0 Å². The molecule has 1 saturated carbocycles. The maximum Gasteiger partial charge on any atom is 0.170 e. The van der Waals surface area contributed by atoms with E-state index in [1.54, 1.807) is 0 Å². The van der Waals surface area contributed by atoms with Gasteiger partial charge < -0.3 is 5.11 Å². The van der Waals surface area contributed by atoms with E-state index >= 15 is 0 Å². The standard InChI is InChI=1S/C12H22O2/c1-8-7-12(14,10(2,3)4)9(13)11(8,5)6/h8,14H,7H2,1-6H3/t8-,12+/m1/s1. The molecule has 1 aliphatic rings. The first-order chi connectivity index (χ1) is 6.03. The lowest BCUT2D eigenvalue weighted by Crippen LogP contribution is -2.49. The average Bonchev–Trinajstić information content (AvgIpc) is 2.12. The summed E-state index contributed by atoms with van der Waals surface area (Å²) in [5, 5.41) is 10.5. The topological polar surface area (TPSA) is 37.3 Å². The van der Waals surface area contributed by atoms with Crippen LogP contribution in [0.2, 0.25) is 0 Å². The van der Waals surface area contributed by atoms with E-state index in [4.69, 9.17) is 0 Å². The molecule has 0 amide bonds. The number of hydrogen-bond acceptors (Lipinski definition) is 2. The van der Waals surface area contributed by atoms with Crippen molar-refractivity contribution in [2.24, 2.45) is 16.7 Å². The second kappa shape index (κ2) is 2.82. The highest BCUT2D eigenvalue weighted by molar-refractivity contribution is 5.95. The Labute approximate surface area is 86.7 Å². The smallest absolute Gasteiger partial charge is 0.170 e. The Kier molecular flexibility index (Phi) is 2.35. The normalized spacial score (nSPS) is 37.6. The molecule has 14 heavy (non-hydrogen) atoms. The number of carbonyl (C=O) groups is 1. The fourth-order valence-electron chi connectivity index (χ4n) is 2.19. The summed E-state index contributed by atoms with van der Waals surface area (Å²) in [4.78, 5) is 12.2. The summed E-state index contributed by atoms with van der Waals surface area (Å²) < 4.78 is 0. The quantitative estimate of drug-likeness (QED) is 0.649. The summed E-state index contributed by atoms with van der Waals surface area (Å²) in [6.07, 6.45) is 0.586. The van der Waals surface area contributed by atoms with Crippen LogP contribution in [0.3, 0.4) is 0 Å². The molecule has 0 saturated heterocycles. The van der Waals surface area contributed by atoms with Crippen molar-refractivity contribution >= 4 is 5.78 Å². The van der Waals surface area contributed by atoms with Crippen molar-refractivity contribution in [3.63, 3.8) is 0 Å². The Bertz CT molecular complexity index is 260. The zero-order chi connectivity index (χ0) is 11.4. The third kappa shape index (κ3) is 1.31. The molecular weight excluding hydrogens is 176 g/mol. The summed E-state index contributed by atoms with van der Waals surface area (Å²) in [6, 6.07) is 0. The SMILES string of the molecule is C[C@@H]1C[C@@](O)(C(C)(C)C)C(=O)C1(C)C. The second-order valence-electron chi connectivity index (χ2n) is 6.27. The molecule has 0 aliphatic heterocycles. The predicted molar refractivity (Wildman–Crippen MR) is 57.0 cm³/mol. The number of ketones is 1. The third-order valence-electron chi connectivity index (χ3n) is 4.04. The molecule has 0 unspecified atom stereocenters. The Balaban J connectivity index is 3.15. The molecule has 0 aromatic carbocycles. The van der Waals surface area contributed by atoms with Crippen LogP contribution >= 0.6 is 0 Å². The van der Waals surface area contributed by atoms with Gasteiger partial charge >= 0.3 is 0 Å². The Hall–Kier alpha value is -0.370. The van der Waals surface area contributed by atoms with Gasteiger partial charge in [-0.25, -0.2) is 0 Å². The van der Waals surface area contributed by atoms with Crippen LogP contribution in [0.25, 0.3) is 0 Å². The minimum atomic E-state index is -1.14. The van der Waals surface area contributed by atoms with Crippen LogP contribution in [0, 0.1) is 16.7 Å². The Morgan fingerprint density at radius 2 is 1.79 bits per heavy atom. The monoisotopic (exact) mass is 198 g/mol. The largest absolute Gasteiger partial charge is 0.381 e. The highest BCUT2D eigenvalue weighted by Crippen LogP contribution is 2.51. The summed E-state index contributed by atoms with van der Waals surface area (Å²) >= 11 is 0. The first-order valence-electron chi connectivity index (χ1n) is 5.31. The molecule has 0 aromatic heterocycles. The van der Waals surface area contributed by atoms with Crippen LogP contribution in [-0.2, 0) is 4.79 Å². The van der Waals surface area contributed by atoms with Gasteiger partial charge in [0.05, 0.1) is 0 Å². The van der Waals surface area contributed by atoms with Gasteiger partial charge in [0, 0.05) is 5.41 Å². The van der Waals surface area contributed by atoms with Crippen LogP contribution in [0.4, 0.5) is 0 Å². The van der Waals surface area contributed by atoms with Gasteiger partial charge in [0.2, 0.25) is 0 Å². The summed E-state index contributed by atoms with van der Waals surface area (Å²) in [5.74, 6) is 0.254. The molecule has 1 rings (SSSR count). The first kappa shape index (κ1) is 11.7. The second-order valence-corrected chi connectivity index (χ2v) is 6.27. The average molecular weight is 198 g/mol. The van der Waals surface area contributed by atoms with E-state index < -0.39 is 5.60 Å². The minimum Gasteiger partial charge on any atom is -0.381 e. The highest BCUT2D eigenvalue weighted by Gasteiger charge is 2.59. The van der Waals surface area contributed by atoms with Crippen molar-refractivity contribution in [2.75, 3.05) is 0 Å². The van der Waals surface area contributed by atoms with Gasteiger partial charge in [0.15, 0.2) is 5.78 Å². The van der Waals surface area contributed by atoms with Gasteiger partial charge in [-0.2, -0.15) is 0 Å². The summed E-state index contributed by atoms with van der Waals surface area (Å²) in [6.45, 7) is 11.7. The van der Waals surface area contributed by atoms with Crippen molar-refractivity contribution in [1.82, 2.24) is 0 Å². The van der Waals surface area contributed by atoms with Crippen LogP contribution in [-0.4, -0.2) is 16.5 Å². The Morgan fingerprint density at radius 1 is 1.36 bits per heavy atom. The lowest BCUT2D eigenvalue weighted by atomic mass is 9.72. The first-order valence-corrected chi connectivity index (χ1v) is 5.31. The molecule has 2 heteroatoms. The summed E-state index contributed by atoms with van der Waals surface area (Å²) in [5.41, 5.74) is -1.90. The molecular formula is C12H22O2. The van der Waals surface area contributed by atoms with Gasteiger partial charge in [-0.05, 0) is 17.8 Å². The maximum absolute atomic E-state index is 12.2. The van der Waals surface area contributed by atoms with Crippen molar-refractivity contribution in [3.8, 4) is 0 Å². The predicted octanol–water partition coefficient (Wildman–Crippen LogP) is 2.40.